The van der Waals surface area contributed by atoms with Crippen LogP contribution in [0.5, 0.6) is 11.5 Å². The molecule has 3 rings (SSSR count). The SMILES string of the molecule is CC[C@H](C(=O)NC1CCCC1)N(CCc1ccccc1)C(=O)COc1ccc(OC)cc1. The number of methoxy groups -OCH3 is 1. The van der Waals surface area contributed by atoms with Gasteiger partial charge in [-0.05, 0) is 55.5 Å². The van der Waals surface area contributed by atoms with E-state index < -0.39 is 6.04 Å². The van der Waals surface area contributed by atoms with E-state index in [-0.39, 0.29) is 24.5 Å². The van der Waals surface area contributed by atoms with E-state index in [0.717, 1.165) is 37.0 Å². The zero-order chi connectivity index (χ0) is 22.8. The van der Waals surface area contributed by atoms with Crippen molar-refractivity contribution in [1.82, 2.24) is 10.2 Å². The van der Waals surface area contributed by atoms with Crippen LogP contribution in [0.4, 0.5) is 0 Å². The summed E-state index contributed by atoms with van der Waals surface area (Å²) in [5.74, 6) is 1.06. The lowest BCUT2D eigenvalue weighted by molar-refractivity contribution is -0.142. The molecule has 32 heavy (non-hydrogen) atoms. The second-order valence-corrected chi connectivity index (χ2v) is 8.20. The summed E-state index contributed by atoms with van der Waals surface area (Å²) in [6.45, 7) is 2.30. The maximum Gasteiger partial charge on any atom is 0.261 e. The molecule has 2 aromatic rings. The molecule has 6 heteroatoms. The minimum absolute atomic E-state index is 0.0646. The van der Waals surface area contributed by atoms with Crippen molar-refractivity contribution < 1.29 is 19.1 Å². The lowest BCUT2D eigenvalue weighted by atomic mass is 10.1. The molecule has 172 valence electrons. The molecule has 2 amide bonds. The van der Waals surface area contributed by atoms with E-state index in [4.69, 9.17) is 9.47 Å². The summed E-state index contributed by atoms with van der Waals surface area (Å²) in [6, 6.07) is 16.8. The van der Waals surface area contributed by atoms with Crippen molar-refractivity contribution in [2.75, 3.05) is 20.3 Å². The third-order valence-corrected chi connectivity index (χ3v) is 5.99. The first-order valence-electron chi connectivity index (χ1n) is 11.5. The van der Waals surface area contributed by atoms with E-state index in [1.165, 1.54) is 0 Å². The molecule has 0 bridgehead atoms. The molecule has 6 nitrogen and oxygen atoms in total. The number of hydrogen-bond acceptors (Lipinski definition) is 4. The third kappa shape index (κ3) is 6.74. The highest BCUT2D eigenvalue weighted by Crippen LogP contribution is 2.20. The molecule has 0 aliphatic heterocycles. The molecule has 1 aliphatic rings. The maximum absolute atomic E-state index is 13.2. The zero-order valence-electron chi connectivity index (χ0n) is 19.1. The number of nitrogens with zero attached hydrogens (tertiary/aromatic N) is 1. The van der Waals surface area contributed by atoms with Gasteiger partial charge in [0.1, 0.15) is 17.5 Å². The number of carbonyl (C=O) groups is 2. The van der Waals surface area contributed by atoms with E-state index >= 15 is 0 Å². The Labute approximate surface area is 190 Å². The summed E-state index contributed by atoms with van der Waals surface area (Å²) in [5, 5.41) is 3.16. The maximum atomic E-state index is 13.2. The third-order valence-electron chi connectivity index (χ3n) is 5.99. The molecule has 1 N–H and O–H groups in total. The largest absolute Gasteiger partial charge is 0.497 e. The molecule has 1 fully saturated rings. The summed E-state index contributed by atoms with van der Waals surface area (Å²) in [4.78, 5) is 28.0. The van der Waals surface area contributed by atoms with Gasteiger partial charge in [0.2, 0.25) is 5.91 Å². The number of benzene rings is 2. The molecule has 1 atom stereocenters. The Bertz CT molecular complexity index is 848. The summed E-state index contributed by atoms with van der Waals surface area (Å²) in [5.41, 5.74) is 1.13. The first-order chi connectivity index (χ1) is 15.6. The second kappa shape index (κ2) is 12.1. The van der Waals surface area contributed by atoms with Crippen LogP contribution in [-0.2, 0) is 16.0 Å². The van der Waals surface area contributed by atoms with Gasteiger partial charge in [0.25, 0.3) is 5.91 Å². The summed E-state index contributed by atoms with van der Waals surface area (Å²) >= 11 is 0. The lowest BCUT2D eigenvalue weighted by Gasteiger charge is -2.31. The fourth-order valence-electron chi connectivity index (χ4n) is 4.16. The van der Waals surface area contributed by atoms with E-state index in [2.05, 4.69) is 5.32 Å². The van der Waals surface area contributed by atoms with Crippen molar-refractivity contribution >= 4 is 11.8 Å². The van der Waals surface area contributed by atoms with Gasteiger partial charge in [-0.2, -0.15) is 0 Å². The van der Waals surface area contributed by atoms with E-state index in [1.807, 2.05) is 37.3 Å². The summed E-state index contributed by atoms with van der Waals surface area (Å²) in [7, 11) is 1.60. The minimum Gasteiger partial charge on any atom is -0.497 e. The van der Waals surface area contributed by atoms with Gasteiger partial charge >= 0.3 is 0 Å². The number of hydrogen-bond donors (Lipinski definition) is 1. The normalized spacial score (nSPS) is 14.6. The van der Waals surface area contributed by atoms with Gasteiger partial charge in [0.05, 0.1) is 7.11 Å². The standard InChI is InChI=1S/C26H34N2O4/c1-3-24(26(30)27-21-11-7-8-12-21)28(18-17-20-9-5-4-6-10-20)25(29)19-32-23-15-13-22(31-2)14-16-23/h4-6,9-10,13-16,21,24H,3,7-8,11-12,17-19H2,1-2H3,(H,27,30)/t24-/m1/s1. The molecule has 0 saturated heterocycles. The Morgan fingerprint density at radius 1 is 1.03 bits per heavy atom. The van der Waals surface area contributed by atoms with Crippen LogP contribution in [0.15, 0.2) is 54.6 Å². The zero-order valence-corrected chi connectivity index (χ0v) is 19.1. The Morgan fingerprint density at radius 2 is 1.69 bits per heavy atom. The summed E-state index contributed by atoms with van der Waals surface area (Å²) < 4.78 is 10.9. The Hall–Kier alpha value is -3.02. The molecule has 2 aromatic carbocycles. The predicted octanol–water partition coefficient (Wildman–Crippen LogP) is 3.98. The van der Waals surface area contributed by atoms with Crippen LogP contribution in [0.2, 0.25) is 0 Å². The van der Waals surface area contributed by atoms with Gasteiger partial charge in [-0.3, -0.25) is 9.59 Å². The van der Waals surface area contributed by atoms with Crippen LogP contribution < -0.4 is 14.8 Å². The number of ether oxygens (including phenoxy) is 2. The van der Waals surface area contributed by atoms with E-state index in [0.29, 0.717) is 25.1 Å². The van der Waals surface area contributed by atoms with Gasteiger partial charge in [0, 0.05) is 12.6 Å². The predicted molar refractivity (Wildman–Crippen MR) is 125 cm³/mol. The van der Waals surface area contributed by atoms with E-state index in [1.54, 1.807) is 36.3 Å². The highest BCUT2D eigenvalue weighted by atomic mass is 16.5. The second-order valence-electron chi connectivity index (χ2n) is 8.20. The van der Waals surface area contributed by atoms with Crippen molar-refractivity contribution in [1.29, 1.82) is 0 Å². The monoisotopic (exact) mass is 438 g/mol. The Balaban J connectivity index is 1.68. The Morgan fingerprint density at radius 3 is 2.31 bits per heavy atom. The average molecular weight is 439 g/mol. The first-order valence-corrected chi connectivity index (χ1v) is 11.5. The van der Waals surface area contributed by atoms with Crippen LogP contribution in [0.1, 0.15) is 44.6 Å². The van der Waals surface area contributed by atoms with Crippen LogP contribution in [0.3, 0.4) is 0 Å². The van der Waals surface area contributed by atoms with Crippen molar-refractivity contribution in [3.8, 4) is 11.5 Å². The fourth-order valence-corrected chi connectivity index (χ4v) is 4.16. The molecular weight excluding hydrogens is 404 g/mol. The van der Waals surface area contributed by atoms with Crippen LogP contribution in [-0.4, -0.2) is 49.1 Å². The van der Waals surface area contributed by atoms with Gasteiger partial charge in [0.15, 0.2) is 6.61 Å². The number of carbonyl (C=O) groups excluding carboxylic acids is 2. The fraction of sp³-hybridized carbons (Fsp3) is 0.462. The average Bonchev–Trinajstić information content (AvgIpc) is 3.34. The number of nitrogens with one attached hydrogen (secondary N) is 1. The molecule has 0 radical (unpaired) electrons. The molecular formula is C26H34N2O4. The smallest absolute Gasteiger partial charge is 0.261 e. The molecule has 0 unspecified atom stereocenters. The van der Waals surface area contributed by atoms with Gasteiger partial charge < -0.3 is 19.7 Å². The number of amides is 2. The van der Waals surface area contributed by atoms with Crippen molar-refractivity contribution in [3.63, 3.8) is 0 Å². The quantitative estimate of drug-likeness (QED) is 0.576. The molecule has 0 aromatic heterocycles. The van der Waals surface area contributed by atoms with E-state index in [9.17, 15) is 9.59 Å². The highest BCUT2D eigenvalue weighted by Gasteiger charge is 2.30. The molecule has 0 spiro atoms. The van der Waals surface area contributed by atoms with Gasteiger partial charge in [-0.1, -0.05) is 50.1 Å². The lowest BCUT2D eigenvalue weighted by Crippen LogP contribution is -2.52. The van der Waals surface area contributed by atoms with Crippen LogP contribution in [0, 0.1) is 0 Å². The first kappa shape index (κ1) is 23.6. The molecule has 0 heterocycles. The highest BCUT2D eigenvalue weighted by molar-refractivity contribution is 5.88. The van der Waals surface area contributed by atoms with Crippen molar-refractivity contribution in [3.05, 3.63) is 60.2 Å². The van der Waals surface area contributed by atoms with Crippen molar-refractivity contribution in [2.24, 2.45) is 0 Å². The summed E-state index contributed by atoms with van der Waals surface area (Å²) in [6.07, 6.45) is 5.56. The van der Waals surface area contributed by atoms with Gasteiger partial charge in [-0.15, -0.1) is 0 Å². The topological polar surface area (TPSA) is 67.9 Å². The molecule has 1 saturated carbocycles. The molecule has 1 aliphatic carbocycles. The van der Waals surface area contributed by atoms with Crippen LogP contribution in [0.25, 0.3) is 0 Å². The Kier molecular flexibility index (Phi) is 8.96. The number of rotatable bonds is 11. The minimum atomic E-state index is -0.508. The van der Waals surface area contributed by atoms with Crippen molar-refractivity contribution in [2.45, 2.75) is 57.5 Å². The van der Waals surface area contributed by atoms with Crippen LogP contribution >= 0.6 is 0 Å². The van der Waals surface area contributed by atoms with Gasteiger partial charge in [-0.25, -0.2) is 0 Å².